The second-order valence-corrected chi connectivity index (χ2v) is 10.3. The Kier molecular flexibility index (Phi) is 7.68. The molecular weight excluding hydrogens is 442 g/mol. The van der Waals surface area contributed by atoms with Crippen LogP contribution < -0.4 is 10.2 Å². The van der Waals surface area contributed by atoms with Crippen molar-refractivity contribution in [2.45, 2.75) is 45.2 Å². The molecule has 6 heteroatoms. The minimum absolute atomic E-state index is 0.0862. The fraction of sp³-hybridized carbons (Fsp3) is 0.357. The molecule has 0 aliphatic heterocycles. The molecule has 0 radical (unpaired) electrons. The molecule has 1 aliphatic rings. The Bertz CT molecular complexity index is 1110. The topological polar surface area (TPSA) is 52.7 Å². The molecular formula is C28H33N3O2S. The zero-order valence-corrected chi connectivity index (χ0v) is 21.0. The molecule has 4 rings (SSSR count). The van der Waals surface area contributed by atoms with E-state index in [2.05, 4.69) is 29.3 Å². The summed E-state index contributed by atoms with van der Waals surface area (Å²) >= 11 is 1.61. The zero-order valence-electron chi connectivity index (χ0n) is 20.2. The molecule has 1 heterocycles. The molecule has 0 saturated heterocycles. The summed E-state index contributed by atoms with van der Waals surface area (Å²) < 4.78 is 0. The van der Waals surface area contributed by atoms with Crippen LogP contribution in [0.5, 0.6) is 0 Å². The molecule has 0 spiro atoms. The highest BCUT2D eigenvalue weighted by atomic mass is 32.1. The molecule has 5 nitrogen and oxygen atoms in total. The van der Waals surface area contributed by atoms with Crippen LogP contribution in [0.4, 0.5) is 11.4 Å². The van der Waals surface area contributed by atoms with Crippen molar-refractivity contribution in [3.8, 4) is 0 Å². The number of benzene rings is 2. The van der Waals surface area contributed by atoms with E-state index in [1.165, 1.54) is 0 Å². The monoisotopic (exact) mass is 475 g/mol. The van der Waals surface area contributed by atoms with Crippen molar-refractivity contribution in [2.24, 2.45) is 5.92 Å². The predicted octanol–water partition coefficient (Wildman–Crippen LogP) is 5.89. The van der Waals surface area contributed by atoms with Crippen LogP contribution in [0.15, 0.2) is 66.0 Å². The summed E-state index contributed by atoms with van der Waals surface area (Å²) in [6.45, 7) is 2.54. The van der Waals surface area contributed by atoms with Crippen molar-refractivity contribution in [1.82, 2.24) is 4.90 Å². The number of nitrogens with one attached hydrogen (secondary N) is 1. The number of anilines is 2. The normalized spacial score (nSPS) is 14.2. The lowest BCUT2D eigenvalue weighted by Gasteiger charge is -2.32. The third-order valence-electron chi connectivity index (χ3n) is 6.62. The first-order chi connectivity index (χ1) is 16.4. The van der Waals surface area contributed by atoms with E-state index in [1.807, 2.05) is 72.9 Å². The third kappa shape index (κ3) is 5.68. The maximum Gasteiger partial charge on any atom is 0.228 e. The Labute approximate surface area is 206 Å². The maximum atomic E-state index is 13.6. The second-order valence-electron chi connectivity index (χ2n) is 9.22. The summed E-state index contributed by atoms with van der Waals surface area (Å²) in [5.74, 6) is 0.310. The smallest absolute Gasteiger partial charge is 0.228 e. The van der Waals surface area contributed by atoms with Crippen LogP contribution in [0.3, 0.4) is 0 Å². The molecule has 0 unspecified atom stereocenters. The summed E-state index contributed by atoms with van der Waals surface area (Å²) in [5, 5.41) is 5.10. The lowest BCUT2D eigenvalue weighted by molar-refractivity contribution is -0.133. The first-order valence-corrected chi connectivity index (χ1v) is 12.8. The molecule has 1 saturated carbocycles. The lowest BCUT2D eigenvalue weighted by atomic mass is 9.85. The van der Waals surface area contributed by atoms with Gasteiger partial charge in [-0.2, -0.15) is 0 Å². The van der Waals surface area contributed by atoms with Gasteiger partial charge in [-0.3, -0.25) is 9.59 Å². The summed E-state index contributed by atoms with van der Waals surface area (Å²) in [7, 11) is 4.01. The molecule has 1 N–H and O–H groups in total. The van der Waals surface area contributed by atoms with E-state index in [0.29, 0.717) is 13.0 Å². The number of nitrogens with zero attached hydrogens (tertiary/aromatic N) is 2. The van der Waals surface area contributed by atoms with Gasteiger partial charge in [0.2, 0.25) is 11.8 Å². The van der Waals surface area contributed by atoms with Crippen LogP contribution in [-0.2, 0) is 22.6 Å². The number of rotatable bonds is 9. The predicted molar refractivity (Wildman–Crippen MR) is 140 cm³/mol. The van der Waals surface area contributed by atoms with Gasteiger partial charge >= 0.3 is 0 Å². The minimum Gasteiger partial charge on any atom is -0.377 e. The third-order valence-corrected chi connectivity index (χ3v) is 7.50. The summed E-state index contributed by atoms with van der Waals surface area (Å²) in [6, 6.07) is 20.1. The van der Waals surface area contributed by atoms with E-state index < -0.39 is 0 Å². The van der Waals surface area contributed by atoms with Gasteiger partial charge in [-0.05, 0) is 60.5 Å². The molecule has 1 aliphatic carbocycles. The van der Waals surface area contributed by atoms with Crippen LogP contribution in [0, 0.1) is 5.92 Å². The van der Waals surface area contributed by atoms with Crippen LogP contribution in [-0.4, -0.2) is 30.8 Å². The van der Waals surface area contributed by atoms with Crippen LogP contribution in [0.25, 0.3) is 0 Å². The van der Waals surface area contributed by atoms with Crippen molar-refractivity contribution in [3.05, 3.63) is 82.0 Å². The number of hydrogen-bond acceptors (Lipinski definition) is 4. The number of carbonyl (C=O) groups is 2. The molecule has 1 aromatic heterocycles. The van der Waals surface area contributed by atoms with Crippen LogP contribution >= 0.6 is 11.3 Å². The van der Waals surface area contributed by atoms with E-state index in [4.69, 9.17) is 0 Å². The SMILES string of the molecule is C[C@H](c1ccccc1)N(Cc1cc(NC(=O)C2CCC2)ccc1N(C)C)C(=O)Cc1cccs1. The first kappa shape index (κ1) is 24.0. The zero-order chi connectivity index (χ0) is 24.1. The van der Waals surface area contributed by atoms with Gasteiger partial charge in [0.1, 0.15) is 0 Å². The standard InChI is InChI=1S/C28H33N3O2S/c1-20(21-9-5-4-6-10-21)31(27(32)18-25-13-8-16-34-25)19-23-17-24(14-15-26(23)30(2)3)29-28(33)22-11-7-12-22/h4-6,8-10,13-17,20,22H,7,11-12,18-19H2,1-3H3,(H,29,33)/t20-/m1/s1. The van der Waals surface area contributed by atoms with Crippen LogP contribution in [0.2, 0.25) is 0 Å². The van der Waals surface area contributed by atoms with E-state index in [0.717, 1.165) is 46.6 Å². The Morgan fingerprint density at radius 1 is 1.06 bits per heavy atom. The molecule has 0 bridgehead atoms. The van der Waals surface area contributed by atoms with Crippen molar-refractivity contribution >= 4 is 34.5 Å². The molecule has 178 valence electrons. The van der Waals surface area contributed by atoms with E-state index in [-0.39, 0.29) is 23.8 Å². The van der Waals surface area contributed by atoms with Gasteiger partial charge < -0.3 is 15.1 Å². The Morgan fingerprint density at radius 2 is 1.82 bits per heavy atom. The quantitative estimate of drug-likeness (QED) is 0.420. The van der Waals surface area contributed by atoms with Gasteiger partial charge in [0, 0.05) is 42.8 Å². The highest BCUT2D eigenvalue weighted by Crippen LogP contribution is 2.31. The van der Waals surface area contributed by atoms with Crippen LogP contribution in [0.1, 0.15) is 48.2 Å². The number of amides is 2. The molecule has 34 heavy (non-hydrogen) atoms. The van der Waals surface area contributed by atoms with Crippen molar-refractivity contribution < 1.29 is 9.59 Å². The van der Waals surface area contributed by atoms with Crippen molar-refractivity contribution in [1.29, 1.82) is 0 Å². The largest absolute Gasteiger partial charge is 0.377 e. The second kappa shape index (κ2) is 10.9. The van der Waals surface area contributed by atoms with Crippen molar-refractivity contribution in [3.63, 3.8) is 0 Å². The Hall–Kier alpha value is -3.12. The van der Waals surface area contributed by atoms with Gasteiger partial charge in [0.15, 0.2) is 0 Å². The van der Waals surface area contributed by atoms with E-state index >= 15 is 0 Å². The average Bonchev–Trinajstić information content (AvgIpc) is 3.29. The van der Waals surface area contributed by atoms with E-state index in [1.54, 1.807) is 11.3 Å². The summed E-state index contributed by atoms with van der Waals surface area (Å²) in [4.78, 5) is 31.2. The number of carbonyl (C=O) groups excluding carboxylic acids is 2. The van der Waals surface area contributed by atoms with Crippen molar-refractivity contribution in [2.75, 3.05) is 24.3 Å². The highest BCUT2D eigenvalue weighted by molar-refractivity contribution is 7.10. The molecule has 1 fully saturated rings. The van der Waals surface area contributed by atoms with E-state index in [9.17, 15) is 9.59 Å². The molecule has 2 amide bonds. The highest BCUT2D eigenvalue weighted by Gasteiger charge is 2.26. The molecule has 1 atom stereocenters. The summed E-state index contributed by atoms with van der Waals surface area (Å²) in [5.41, 5.74) is 3.94. The maximum absolute atomic E-state index is 13.6. The van der Waals surface area contributed by atoms with Gasteiger partial charge in [0.05, 0.1) is 12.5 Å². The van der Waals surface area contributed by atoms with Gasteiger partial charge in [-0.1, -0.05) is 42.8 Å². The summed E-state index contributed by atoms with van der Waals surface area (Å²) in [6.07, 6.45) is 3.44. The Balaban J connectivity index is 1.63. The lowest BCUT2D eigenvalue weighted by Crippen LogP contribution is -2.34. The fourth-order valence-electron chi connectivity index (χ4n) is 4.34. The first-order valence-electron chi connectivity index (χ1n) is 11.9. The number of hydrogen-bond donors (Lipinski definition) is 1. The molecule has 3 aromatic rings. The fourth-order valence-corrected chi connectivity index (χ4v) is 5.04. The van der Waals surface area contributed by atoms with Gasteiger partial charge in [-0.15, -0.1) is 11.3 Å². The van der Waals surface area contributed by atoms with Gasteiger partial charge in [-0.25, -0.2) is 0 Å². The minimum atomic E-state index is -0.0862. The number of thiophene rings is 1. The average molecular weight is 476 g/mol. The Morgan fingerprint density at radius 3 is 2.44 bits per heavy atom. The molecule has 2 aromatic carbocycles. The van der Waals surface area contributed by atoms with Gasteiger partial charge in [0.25, 0.3) is 0 Å².